The molecule has 0 saturated carbocycles. The summed E-state index contributed by atoms with van der Waals surface area (Å²) in [6.45, 7) is 7.20. The third-order valence-electron chi connectivity index (χ3n) is 4.58. The van der Waals surface area contributed by atoms with Crippen LogP contribution in [-0.2, 0) is 9.47 Å². The minimum atomic E-state index is -0.581. The first-order valence-corrected chi connectivity index (χ1v) is 11.5. The minimum absolute atomic E-state index is 0.181. The molecule has 3 rings (SSSR count). The topological polar surface area (TPSA) is 103 Å². The van der Waals surface area contributed by atoms with Crippen LogP contribution in [-0.4, -0.2) is 41.1 Å². The Morgan fingerprint density at radius 3 is 2.38 bits per heavy atom. The van der Waals surface area contributed by atoms with Gasteiger partial charge in [-0.15, -0.1) is 11.3 Å². The summed E-state index contributed by atoms with van der Waals surface area (Å²) in [5.74, 6) is -1.11. The standard InChI is InChI=1S/C22H22BrN3O5S/c1-5-30-21(28)17-12(3)18(22(29)31-6-2)32-19(17)24-11-16-13(4)25-26(20(16)27)15-9-7-14(23)8-10-15/h7-11,25H,5-6H2,1-4H3/b24-11+. The van der Waals surface area contributed by atoms with E-state index in [0.29, 0.717) is 22.5 Å². The van der Waals surface area contributed by atoms with Gasteiger partial charge in [-0.25, -0.2) is 19.3 Å². The number of aromatic amines is 1. The second-order valence-electron chi connectivity index (χ2n) is 6.70. The smallest absolute Gasteiger partial charge is 0.348 e. The molecule has 3 aromatic rings. The van der Waals surface area contributed by atoms with Crippen LogP contribution in [0.5, 0.6) is 0 Å². The van der Waals surface area contributed by atoms with E-state index in [4.69, 9.17) is 9.47 Å². The number of carbonyl (C=O) groups is 2. The van der Waals surface area contributed by atoms with E-state index in [1.54, 1.807) is 39.8 Å². The number of benzene rings is 1. The van der Waals surface area contributed by atoms with Crippen LogP contribution < -0.4 is 5.56 Å². The average molecular weight is 520 g/mol. The zero-order chi connectivity index (χ0) is 23.4. The van der Waals surface area contributed by atoms with E-state index in [1.807, 2.05) is 12.1 Å². The number of H-pyrrole nitrogens is 1. The Bertz CT molecular complexity index is 1240. The van der Waals surface area contributed by atoms with Gasteiger partial charge in [0.15, 0.2) is 0 Å². The van der Waals surface area contributed by atoms with E-state index in [1.165, 1.54) is 10.9 Å². The largest absolute Gasteiger partial charge is 0.462 e. The Kier molecular flexibility index (Phi) is 7.47. The van der Waals surface area contributed by atoms with Gasteiger partial charge in [-0.1, -0.05) is 15.9 Å². The van der Waals surface area contributed by atoms with Crippen LogP contribution in [0.15, 0.2) is 38.5 Å². The molecule has 0 atom stereocenters. The van der Waals surface area contributed by atoms with Gasteiger partial charge >= 0.3 is 11.9 Å². The fourth-order valence-corrected chi connectivity index (χ4v) is 4.33. The summed E-state index contributed by atoms with van der Waals surface area (Å²) in [5.41, 5.74) is 1.97. The summed E-state index contributed by atoms with van der Waals surface area (Å²) in [5, 5.41) is 3.31. The third kappa shape index (κ3) is 4.76. The van der Waals surface area contributed by atoms with Crippen molar-refractivity contribution < 1.29 is 19.1 Å². The lowest BCUT2D eigenvalue weighted by molar-refractivity contribution is 0.0527. The average Bonchev–Trinajstić information content (AvgIpc) is 3.23. The Morgan fingerprint density at radius 1 is 1.12 bits per heavy atom. The lowest BCUT2D eigenvalue weighted by atomic mass is 10.1. The van der Waals surface area contributed by atoms with Gasteiger partial charge in [-0.2, -0.15) is 0 Å². The summed E-state index contributed by atoms with van der Waals surface area (Å²) < 4.78 is 12.5. The molecule has 1 N–H and O–H groups in total. The molecule has 10 heteroatoms. The number of aliphatic imine (C=N–C) groups is 1. The van der Waals surface area contributed by atoms with E-state index in [0.717, 1.165) is 15.8 Å². The zero-order valence-electron chi connectivity index (χ0n) is 18.0. The number of nitrogens with one attached hydrogen (secondary N) is 1. The first-order chi connectivity index (χ1) is 15.3. The normalized spacial score (nSPS) is 11.2. The van der Waals surface area contributed by atoms with Crippen molar-refractivity contribution >= 4 is 50.4 Å². The third-order valence-corrected chi connectivity index (χ3v) is 6.29. The van der Waals surface area contributed by atoms with Crippen LogP contribution in [0.1, 0.15) is 50.7 Å². The number of hydrogen-bond donors (Lipinski definition) is 1. The maximum atomic E-state index is 12.9. The molecule has 0 radical (unpaired) electrons. The molecule has 168 valence electrons. The minimum Gasteiger partial charge on any atom is -0.462 e. The van der Waals surface area contributed by atoms with Crippen molar-refractivity contribution in [1.29, 1.82) is 0 Å². The van der Waals surface area contributed by atoms with Crippen molar-refractivity contribution in [2.75, 3.05) is 13.2 Å². The van der Waals surface area contributed by atoms with Crippen LogP contribution in [0.25, 0.3) is 5.69 Å². The number of nitrogens with zero attached hydrogens (tertiary/aromatic N) is 2. The summed E-state index contributed by atoms with van der Waals surface area (Å²) in [4.78, 5) is 42.4. The molecule has 0 spiro atoms. The van der Waals surface area contributed by atoms with Crippen LogP contribution in [0.3, 0.4) is 0 Å². The van der Waals surface area contributed by atoms with Crippen molar-refractivity contribution in [3.05, 3.63) is 66.4 Å². The molecule has 0 amide bonds. The highest BCUT2D eigenvalue weighted by molar-refractivity contribution is 9.10. The fraction of sp³-hybridized carbons (Fsp3) is 0.273. The number of ether oxygens (including phenoxy) is 2. The van der Waals surface area contributed by atoms with Gasteiger partial charge in [0, 0.05) is 16.4 Å². The van der Waals surface area contributed by atoms with Crippen molar-refractivity contribution in [3.63, 3.8) is 0 Å². The Hall–Kier alpha value is -2.98. The first-order valence-electron chi connectivity index (χ1n) is 9.87. The monoisotopic (exact) mass is 519 g/mol. The number of thiophene rings is 1. The fourth-order valence-electron chi connectivity index (χ4n) is 3.03. The van der Waals surface area contributed by atoms with Gasteiger partial charge in [0.2, 0.25) is 0 Å². The summed E-state index contributed by atoms with van der Waals surface area (Å²) in [7, 11) is 0. The van der Waals surface area contributed by atoms with Gasteiger partial charge < -0.3 is 9.47 Å². The quantitative estimate of drug-likeness (QED) is 0.359. The zero-order valence-corrected chi connectivity index (χ0v) is 20.4. The predicted molar refractivity (Wildman–Crippen MR) is 127 cm³/mol. The molecule has 0 saturated heterocycles. The molecular weight excluding hydrogens is 498 g/mol. The van der Waals surface area contributed by atoms with Crippen LogP contribution in [0.2, 0.25) is 0 Å². The number of esters is 2. The summed E-state index contributed by atoms with van der Waals surface area (Å²) in [6, 6.07) is 7.27. The molecule has 0 unspecified atom stereocenters. The molecule has 0 aliphatic heterocycles. The number of hydrogen-bond acceptors (Lipinski definition) is 7. The molecule has 1 aromatic carbocycles. The lowest BCUT2D eigenvalue weighted by Crippen LogP contribution is -2.17. The Balaban J connectivity index is 2.04. The molecular formula is C22H22BrN3O5S. The van der Waals surface area contributed by atoms with E-state index in [-0.39, 0.29) is 34.2 Å². The van der Waals surface area contributed by atoms with Gasteiger partial charge in [-0.3, -0.25) is 9.89 Å². The lowest BCUT2D eigenvalue weighted by Gasteiger charge is -2.03. The van der Waals surface area contributed by atoms with Crippen molar-refractivity contribution in [2.24, 2.45) is 4.99 Å². The maximum absolute atomic E-state index is 12.9. The summed E-state index contributed by atoms with van der Waals surface area (Å²) >= 11 is 4.40. The molecule has 0 aliphatic carbocycles. The molecule has 2 heterocycles. The Morgan fingerprint density at radius 2 is 1.75 bits per heavy atom. The van der Waals surface area contributed by atoms with Gasteiger partial charge in [0.1, 0.15) is 15.4 Å². The maximum Gasteiger partial charge on any atom is 0.348 e. The number of halogens is 1. The van der Waals surface area contributed by atoms with Crippen molar-refractivity contribution in [3.8, 4) is 5.69 Å². The van der Waals surface area contributed by atoms with E-state index >= 15 is 0 Å². The number of aryl methyl sites for hydroxylation is 1. The van der Waals surface area contributed by atoms with E-state index in [2.05, 4.69) is 26.0 Å². The molecule has 32 heavy (non-hydrogen) atoms. The SMILES string of the molecule is CCOC(=O)c1sc(/N=C/c2c(C)[nH]n(-c3ccc(Br)cc3)c2=O)c(C(=O)OCC)c1C. The van der Waals surface area contributed by atoms with Crippen LogP contribution in [0.4, 0.5) is 5.00 Å². The Labute approximate surface area is 197 Å². The highest BCUT2D eigenvalue weighted by atomic mass is 79.9. The predicted octanol–water partition coefficient (Wildman–Crippen LogP) is 4.71. The highest BCUT2D eigenvalue weighted by Crippen LogP contribution is 2.36. The van der Waals surface area contributed by atoms with E-state index < -0.39 is 11.9 Å². The molecule has 0 fully saturated rings. The second-order valence-corrected chi connectivity index (χ2v) is 8.62. The second kappa shape index (κ2) is 10.1. The number of carbonyl (C=O) groups excluding carboxylic acids is 2. The van der Waals surface area contributed by atoms with Gasteiger partial charge in [-0.05, 0) is 57.5 Å². The number of aromatic nitrogens is 2. The van der Waals surface area contributed by atoms with Crippen LogP contribution >= 0.6 is 27.3 Å². The highest BCUT2D eigenvalue weighted by Gasteiger charge is 2.26. The first kappa shape index (κ1) is 23.7. The molecule has 0 bridgehead atoms. The van der Waals surface area contributed by atoms with Gasteiger partial charge in [0.05, 0.1) is 24.5 Å². The van der Waals surface area contributed by atoms with Crippen molar-refractivity contribution in [1.82, 2.24) is 9.78 Å². The molecule has 2 aromatic heterocycles. The van der Waals surface area contributed by atoms with Gasteiger partial charge in [0.25, 0.3) is 5.56 Å². The number of rotatable bonds is 7. The van der Waals surface area contributed by atoms with Crippen LogP contribution in [0, 0.1) is 13.8 Å². The molecule has 8 nitrogen and oxygen atoms in total. The van der Waals surface area contributed by atoms with Crippen molar-refractivity contribution in [2.45, 2.75) is 27.7 Å². The summed E-state index contributed by atoms with van der Waals surface area (Å²) in [6.07, 6.45) is 1.40. The molecule has 0 aliphatic rings. The van der Waals surface area contributed by atoms with E-state index in [9.17, 15) is 14.4 Å².